The first kappa shape index (κ1) is 7.21. The first-order valence-electron chi connectivity index (χ1n) is 2.72. The predicted octanol–water partition coefficient (Wildman–Crippen LogP) is 1.15. The van der Waals surface area contributed by atoms with Crippen molar-refractivity contribution in [3.63, 3.8) is 0 Å². The molecule has 0 aromatic heterocycles. The van der Waals surface area contributed by atoms with Crippen LogP contribution in [0.3, 0.4) is 0 Å². The van der Waals surface area contributed by atoms with Gasteiger partial charge in [0.05, 0.1) is 0 Å². The summed E-state index contributed by atoms with van der Waals surface area (Å²) in [6, 6.07) is 0. The molecule has 0 rings (SSSR count). The van der Waals surface area contributed by atoms with Crippen molar-refractivity contribution in [2.45, 2.75) is 13.3 Å². The highest BCUT2D eigenvalue weighted by molar-refractivity contribution is 5.75. The van der Waals surface area contributed by atoms with Crippen LogP contribution in [0.4, 0.5) is 0 Å². The van der Waals surface area contributed by atoms with E-state index < -0.39 is 0 Å². The Labute approximate surface area is 50.1 Å². The van der Waals surface area contributed by atoms with Crippen molar-refractivity contribution in [1.29, 1.82) is 5.41 Å². The molecule has 0 saturated heterocycles. The van der Waals surface area contributed by atoms with Crippen LogP contribution < -0.4 is 5.32 Å². The third-order valence-electron chi connectivity index (χ3n) is 0.923. The van der Waals surface area contributed by atoms with Gasteiger partial charge in [-0.3, -0.25) is 0 Å². The maximum atomic E-state index is 6.83. The molecule has 0 aliphatic carbocycles. The van der Waals surface area contributed by atoms with Gasteiger partial charge in [-0.25, -0.2) is 0 Å². The maximum Gasteiger partial charge on any atom is 0.0224 e. The molecule has 0 radical (unpaired) electrons. The van der Waals surface area contributed by atoms with E-state index in [0.717, 1.165) is 12.0 Å². The number of allylic oxidation sites excluding steroid dienone is 1. The molecule has 0 aromatic carbocycles. The summed E-state index contributed by atoms with van der Waals surface area (Å²) in [5, 5.41) is 9.69. The van der Waals surface area contributed by atoms with Gasteiger partial charge < -0.3 is 10.7 Å². The fourth-order valence-corrected chi connectivity index (χ4v) is 0.431. The van der Waals surface area contributed by atoms with Crippen LogP contribution in [0.5, 0.6) is 0 Å². The summed E-state index contributed by atoms with van der Waals surface area (Å²) in [4.78, 5) is 0. The number of hydrogen-bond donors (Lipinski definition) is 2. The molecule has 0 spiro atoms. The van der Waals surface area contributed by atoms with E-state index in [1.807, 2.05) is 20.2 Å². The van der Waals surface area contributed by atoms with Crippen molar-refractivity contribution < 1.29 is 0 Å². The van der Waals surface area contributed by atoms with Crippen molar-refractivity contribution >= 4 is 6.21 Å². The quantitative estimate of drug-likeness (QED) is 0.528. The van der Waals surface area contributed by atoms with Crippen molar-refractivity contribution in [1.82, 2.24) is 5.32 Å². The van der Waals surface area contributed by atoms with E-state index in [1.54, 1.807) is 0 Å². The highest BCUT2D eigenvalue weighted by Gasteiger charge is 1.81. The van der Waals surface area contributed by atoms with Gasteiger partial charge >= 0.3 is 0 Å². The van der Waals surface area contributed by atoms with E-state index in [-0.39, 0.29) is 0 Å². The molecule has 0 unspecified atom stereocenters. The highest BCUT2D eigenvalue weighted by Crippen LogP contribution is 1.91. The zero-order valence-corrected chi connectivity index (χ0v) is 5.36. The molecular formula is C6H12N2. The van der Waals surface area contributed by atoms with Crippen LogP contribution >= 0.6 is 0 Å². The topological polar surface area (TPSA) is 35.9 Å². The third-order valence-corrected chi connectivity index (χ3v) is 0.923. The molecule has 2 heteroatoms. The second kappa shape index (κ2) is 4.37. The second-order valence-corrected chi connectivity index (χ2v) is 1.51. The lowest BCUT2D eigenvalue weighted by Gasteiger charge is -1.91. The minimum Gasteiger partial charge on any atom is -0.394 e. The van der Waals surface area contributed by atoms with Crippen molar-refractivity contribution in [3.05, 3.63) is 11.8 Å². The summed E-state index contributed by atoms with van der Waals surface area (Å²) in [6.45, 7) is 2.02. The smallest absolute Gasteiger partial charge is 0.0224 e. The van der Waals surface area contributed by atoms with E-state index in [0.29, 0.717) is 0 Å². The summed E-state index contributed by atoms with van der Waals surface area (Å²) in [5.74, 6) is 0. The van der Waals surface area contributed by atoms with E-state index in [9.17, 15) is 0 Å². The van der Waals surface area contributed by atoms with Crippen LogP contribution in [-0.4, -0.2) is 13.3 Å². The Balaban J connectivity index is 3.66. The molecule has 2 nitrogen and oxygen atoms in total. The molecule has 0 bridgehead atoms. The van der Waals surface area contributed by atoms with Crippen LogP contribution in [-0.2, 0) is 0 Å². The number of hydrogen-bond acceptors (Lipinski definition) is 2. The fraction of sp³-hybridized carbons (Fsp3) is 0.500. The van der Waals surface area contributed by atoms with E-state index in [4.69, 9.17) is 5.41 Å². The van der Waals surface area contributed by atoms with E-state index >= 15 is 0 Å². The lowest BCUT2D eigenvalue weighted by molar-refractivity contribution is 1.05. The van der Waals surface area contributed by atoms with Gasteiger partial charge in [-0.2, -0.15) is 0 Å². The fourth-order valence-electron chi connectivity index (χ4n) is 0.431. The summed E-state index contributed by atoms with van der Waals surface area (Å²) < 4.78 is 0. The number of rotatable bonds is 3. The summed E-state index contributed by atoms with van der Waals surface area (Å²) in [6.07, 6.45) is 4.11. The van der Waals surface area contributed by atoms with Gasteiger partial charge in [-0.05, 0) is 12.0 Å². The molecule has 0 fully saturated rings. The average Bonchev–Trinajstić information content (AvgIpc) is 1.83. The first-order chi connectivity index (χ1) is 3.85. The summed E-state index contributed by atoms with van der Waals surface area (Å²) in [7, 11) is 1.83. The molecule has 0 aromatic rings. The second-order valence-electron chi connectivity index (χ2n) is 1.51. The molecule has 2 N–H and O–H groups in total. The first-order valence-corrected chi connectivity index (χ1v) is 2.72. The van der Waals surface area contributed by atoms with Gasteiger partial charge in [0.2, 0.25) is 0 Å². The van der Waals surface area contributed by atoms with Crippen LogP contribution in [0.25, 0.3) is 0 Å². The molecule has 0 aliphatic heterocycles. The average molecular weight is 112 g/mol. The molecule has 0 heterocycles. The Kier molecular flexibility index (Phi) is 3.94. The Bertz CT molecular complexity index is 94.7. The van der Waals surface area contributed by atoms with Gasteiger partial charge in [-0.1, -0.05) is 6.92 Å². The number of nitrogens with one attached hydrogen (secondary N) is 2. The minimum absolute atomic E-state index is 0.921. The third kappa shape index (κ3) is 2.39. The molecule has 0 saturated carbocycles. The highest BCUT2D eigenvalue weighted by atomic mass is 14.8. The predicted molar refractivity (Wildman–Crippen MR) is 36.2 cm³/mol. The van der Waals surface area contributed by atoms with Gasteiger partial charge in [0.25, 0.3) is 0 Å². The zero-order chi connectivity index (χ0) is 6.41. The lowest BCUT2D eigenvalue weighted by Crippen LogP contribution is -1.95. The van der Waals surface area contributed by atoms with Crippen LogP contribution in [0.2, 0.25) is 0 Å². The van der Waals surface area contributed by atoms with E-state index in [2.05, 4.69) is 5.32 Å². The Morgan fingerprint density at radius 3 is 2.50 bits per heavy atom. The minimum atomic E-state index is 0.921. The Morgan fingerprint density at radius 1 is 1.75 bits per heavy atom. The normalized spacial score (nSPS) is 11.0. The van der Waals surface area contributed by atoms with Crippen LogP contribution in [0.1, 0.15) is 13.3 Å². The van der Waals surface area contributed by atoms with Crippen LogP contribution in [0.15, 0.2) is 11.8 Å². The summed E-state index contributed by atoms with van der Waals surface area (Å²) in [5.41, 5.74) is 1.02. The van der Waals surface area contributed by atoms with Gasteiger partial charge in [0.1, 0.15) is 0 Å². The van der Waals surface area contributed by atoms with Gasteiger partial charge in [-0.15, -0.1) is 0 Å². The van der Waals surface area contributed by atoms with Crippen LogP contribution in [0, 0.1) is 5.41 Å². The SMILES string of the molecule is CC/C(C=N)=C/NC. The monoisotopic (exact) mass is 112 g/mol. The molecular weight excluding hydrogens is 100 g/mol. The van der Waals surface area contributed by atoms with Gasteiger partial charge in [0.15, 0.2) is 0 Å². The Hall–Kier alpha value is -0.790. The standard InChI is InChI=1S/C6H12N2/c1-3-6(4-7)5-8-2/h4-5,7-8H,3H2,1-2H3/b6-5-,7-4?. The molecule has 0 atom stereocenters. The molecule has 0 amide bonds. The largest absolute Gasteiger partial charge is 0.394 e. The molecule has 8 heavy (non-hydrogen) atoms. The molecule has 0 aliphatic rings. The van der Waals surface area contributed by atoms with Gasteiger partial charge in [0, 0.05) is 19.5 Å². The van der Waals surface area contributed by atoms with Crippen molar-refractivity contribution in [2.24, 2.45) is 0 Å². The lowest BCUT2D eigenvalue weighted by atomic mass is 10.2. The zero-order valence-electron chi connectivity index (χ0n) is 5.36. The summed E-state index contributed by atoms with van der Waals surface area (Å²) >= 11 is 0. The van der Waals surface area contributed by atoms with E-state index in [1.165, 1.54) is 6.21 Å². The maximum absolute atomic E-state index is 6.83. The Morgan fingerprint density at radius 2 is 2.38 bits per heavy atom. The van der Waals surface area contributed by atoms with Crippen molar-refractivity contribution in [3.8, 4) is 0 Å². The molecule has 46 valence electrons. The van der Waals surface area contributed by atoms with Crippen molar-refractivity contribution in [2.75, 3.05) is 7.05 Å².